The van der Waals surface area contributed by atoms with Crippen molar-refractivity contribution in [2.75, 3.05) is 21.1 Å². The maximum atomic E-state index is 4.37. The third-order valence-electron chi connectivity index (χ3n) is 1.29. The van der Waals surface area contributed by atoms with E-state index in [1.165, 1.54) is 30.2 Å². The van der Waals surface area contributed by atoms with Crippen LogP contribution in [0.25, 0.3) is 10.2 Å². The van der Waals surface area contributed by atoms with E-state index in [1.807, 2.05) is 32.1 Å². The van der Waals surface area contributed by atoms with E-state index >= 15 is 0 Å². The van der Waals surface area contributed by atoms with Gasteiger partial charge in [0.05, 0.1) is 0 Å². The van der Waals surface area contributed by atoms with Crippen molar-refractivity contribution in [3.05, 3.63) is 24.3 Å². The molecule has 0 fully saturated rings. The molecule has 0 spiro atoms. The Morgan fingerprint density at radius 1 is 1.21 bits per heavy atom. The Balaban J connectivity index is 0.000000213. The summed E-state index contributed by atoms with van der Waals surface area (Å²) < 4.78 is 2.53. The van der Waals surface area contributed by atoms with Crippen molar-refractivity contribution >= 4 is 47.1 Å². The average molecular weight is 312 g/mol. The van der Waals surface area contributed by atoms with Crippen LogP contribution in [0.1, 0.15) is 0 Å². The summed E-state index contributed by atoms with van der Waals surface area (Å²) in [6.07, 6.45) is 0. The fourth-order valence-electron chi connectivity index (χ4n) is 0.872. The van der Waals surface area contributed by atoms with Gasteiger partial charge in [-0.05, 0) is 21.1 Å². The molecule has 1 aromatic carbocycles. The summed E-state index contributed by atoms with van der Waals surface area (Å²) in [6.45, 7) is 0. The van der Waals surface area contributed by atoms with Crippen molar-refractivity contribution in [1.29, 1.82) is 0 Å². The molecule has 4 heteroatoms. The summed E-state index contributed by atoms with van der Waals surface area (Å²) >= 11 is 3.19. The molecule has 0 aliphatic heterocycles. The number of hydrogen-bond donors (Lipinski definition) is 0. The van der Waals surface area contributed by atoms with Crippen LogP contribution >= 0.6 is 11.3 Å². The number of fused-ring (bicyclic) bond motifs is 1. The number of para-hydroxylation sites is 1. The van der Waals surface area contributed by atoms with Gasteiger partial charge in [-0.1, -0.05) is 0 Å². The van der Waals surface area contributed by atoms with E-state index in [9.17, 15) is 0 Å². The third kappa shape index (κ3) is 3.94. The average Bonchev–Trinajstić information content (AvgIpc) is 2.42. The van der Waals surface area contributed by atoms with E-state index in [-0.39, 0.29) is 0 Å². The molecule has 0 unspecified atom stereocenters. The molecule has 2 rings (SSSR count). The van der Waals surface area contributed by atoms with Gasteiger partial charge in [0.25, 0.3) is 0 Å². The Kier molecular flexibility index (Phi) is 4.84. The van der Waals surface area contributed by atoms with Crippen LogP contribution in [0.2, 0.25) is 0 Å². The van der Waals surface area contributed by atoms with E-state index < -0.39 is 0 Å². The number of aromatic nitrogens is 1. The molecular formula is C10H13N2SSn. The van der Waals surface area contributed by atoms with Crippen molar-refractivity contribution in [2.45, 2.75) is 0 Å². The zero-order valence-electron chi connectivity index (χ0n) is 8.61. The Labute approximate surface area is 102 Å². The van der Waals surface area contributed by atoms with Gasteiger partial charge in [-0.15, -0.1) is 0 Å². The number of benzene rings is 1. The number of thiazole rings is 1. The van der Waals surface area contributed by atoms with Gasteiger partial charge in [0.15, 0.2) is 0 Å². The predicted octanol–water partition coefficient (Wildman–Crippen LogP) is 1.27. The Morgan fingerprint density at radius 3 is 2.36 bits per heavy atom. The van der Waals surface area contributed by atoms with E-state index in [1.54, 1.807) is 11.3 Å². The fraction of sp³-hybridized carbons (Fsp3) is 0.300. The molecule has 2 aromatic rings. The van der Waals surface area contributed by atoms with Crippen LogP contribution in [-0.2, 0) is 0 Å². The maximum absolute atomic E-state index is 4.37. The van der Waals surface area contributed by atoms with Gasteiger partial charge in [0.2, 0.25) is 0 Å². The predicted molar refractivity (Wildman–Crippen MR) is 64.6 cm³/mol. The second-order valence-electron chi connectivity index (χ2n) is 3.33. The van der Waals surface area contributed by atoms with E-state index in [0.29, 0.717) is 0 Å². The molecule has 0 bridgehead atoms. The molecule has 0 amide bonds. The summed E-state index contributed by atoms with van der Waals surface area (Å²) in [7, 11) is 6.00. The standard InChI is InChI=1S/C7H4NS.C3H9N.Sn/c1-2-4-7-6(3-1)8-5-9-7;1-4(2)3;/h1-4H;1-3H3;. The quantitative estimate of drug-likeness (QED) is 0.681. The molecular weight excluding hydrogens is 299 g/mol. The third-order valence-corrected chi connectivity index (χ3v) is 3.34. The topological polar surface area (TPSA) is 16.1 Å². The first-order chi connectivity index (χ1) is 6.59. The molecule has 1 aromatic heterocycles. The first-order valence-electron chi connectivity index (χ1n) is 4.27. The monoisotopic (exact) mass is 313 g/mol. The zero-order chi connectivity index (χ0) is 10.6. The van der Waals surface area contributed by atoms with Crippen molar-refractivity contribution < 1.29 is 0 Å². The van der Waals surface area contributed by atoms with Crippen LogP contribution in [0.3, 0.4) is 0 Å². The molecule has 0 aliphatic carbocycles. The summed E-state index contributed by atoms with van der Waals surface area (Å²) in [6, 6.07) is 8.24. The molecule has 0 N–H and O–H groups in total. The van der Waals surface area contributed by atoms with Crippen LogP contribution in [0.5, 0.6) is 0 Å². The van der Waals surface area contributed by atoms with Crippen molar-refractivity contribution in [3.63, 3.8) is 0 Å². The van der Waals surface area contributed by atoms with Crippen molar-refractivity contribution in [1.82, 2.24) is 9.88 Å². The van der Waals surface area contributed by atoms with Gasteiger partial charge >= 0.3 is 76.4 Å². The van der Waals surface area contributed by atoms with Gasteiger partial charge in [0.1, 0.15) is 0 Å². The summed E-state index contributed by atoms with van der Waals surface area (Å²) in [5.41, 5.74) is 1.14. The van der Waals surface area contributed by atoms with Gasteiger partial charge in [0, 0.05) is 0 Å². The van der Waals surface area contributed by atoms with Crippen LogP contribution in [0, 0.1) is 0 Å². The fourth-order valence-corrected chi connectivity index (χ4v) is 2.87. The molecule has 3 radical (unpaired) electrons. The minimum atomic E-state index is 1.14. The van der Waals surface area contributed by atoms with Gasteiger partial charge in [-0.3, -0.25) is 0 Å². The van der Waals surface area contributed by atoms with Crippen molar-refractivity contribution in [3.8, 4) is 0 Å². The zero-order valence-corrected chi connectivity index (χ0v) is 12.3. The van der Waals surface area contributed by atoms with Crippen molar-refractivity contribution in [2.24, 2.45) is 0 Å². The SMILES string of the molecule is CN(C)C.[Sn][c]1nc2ccccc2s1. The number of nitrogens with zero attached hydrogens (tertiary/aromatic N) is 2. The second kappa shape index (κ2) is 5.68. The molecule has 73 valence electrons. The van der Waals surface area contributed by atoms with Gasteiger partial charge in [-0.2, -0.15) is 0 Å². The van der Waals surface area contributed by atoms with E-state index in [4.69, 9.17) is 0 Å². The Morgan fingerprint density at radius 2 is 1.79 bits per heavy atom. The molecule has 1 heterocycles. The van der Waals surface area contributed by atoms with Crippen LogP contribution < -0.4 is 3.02 Å². The van der Waals surface area contributed by atoms with E-state index in [2.05, 4.69) is 23.2 Å². The molecule has 0 saturated heterocycles. The van der Waals surface area contributed by atoms with Gasteiger partial charge in [-0.25, -0.2) is 0 Å². The minimum absolute atomic E-state index is 1.14. The number of rotatable bonds is 0. The van der Waals surface area contributed by atoms with Crippen LogP contribution in [0.4, 0.5) is 0 Å². The van der Waals surface area contributed by atoms with Crippen LogP contribution in [-0.4, -0.2) is 53.6 Å². The Bertz CT molecular complexity index is 362. The Hall–Kier alpha value is -0.131. The molecule has 0 saturated carbocycles. The van der Waals surface area contributed by atoms with Gasteiger partial charge < -0.3 is 4.90 Å². The first kappa shape index (κ1) is 11.9. The molecule has 0 aliphatic rings. The summed E-state index contributed by atoms with van der Waals surface area (Å²) in [5.74, 6) is 0. The number of hydrogen-bond acceptors (Lipinski definition) is 3. The first-order valence-corrected chi connectivity index (χ1v) is 6.52. The normalized spacial score (nSPS) is 10.1. The molecule has 2 nitrogen and oxygen atoms in total. The second-order valence-corrected chi connectivity index (χ2v) is 6.75. The van der Waals surface area contributed by atoms with Crippen LogP contribution in [0.15, 0.2) is 24.3 Å². The van der Waals surface area contributed by atoms with E-state index in [0.717, 1.165) is 5.52 Å². The molecule has 0 atom stereocenters. The molecule has 14 heavy (non-hydrogen) atoms. The summed E-state index contributed by atoms with van der Waals surface area (Å²) in [5, 5.41) is 0. The summed E-state index contributed by atoms with van der Waals surface area (Å²) in [4.78, 5) is 6.37.